The first-order chi connectivity index (χ1) is 11.3. The lowest BCUT2D eigenvalue weighted by Crippen LogP contribution is -2.18. The maximum atomic E-state index is 13.0. The summed E-state index contributed by atoms with van der Waals surface area (Å²) in [4.78, 5) is 11.9. The molecule has 0 unspecified atom stereocenters. The Morgan fingerprint density at radius 2 is 1.88 bits per heavy atom. The van der Waals surface area contributed by atoms with Crippen LogP contribution in [0.3, 0.4) is 0 Å². The van der Waals surface area contributed by atoms with Gasteiger partial charge in [0.25, 0.3) is 0 Å². The molecule has 1 amide bonds. The molecule has 2 nitrogen and oxygen atoms in total. The fourth-order valence-corrected chi connectivity index (χ4v) is 3.60. The molecule has 0 saturated heterocycles. The van der Waals surface area contributed by atoms with E-state index in [9.17, 15) is 18.0 Å². The molecule has 0 saturated carbocycles. The molecule has 0 spiro atoms. The minimum atomic E-state index is -4.59. The van der Waals surface area contributed by atoms with Gasteiger partial charge in [0.1, 0.15) is 0 Å². The van der Waals surface area contributed by atoms with E-state index >= 15 is 0 Å². The Hall–Kier alpha value is -1.18. The van der Waals surface area contributed by atoms with Gasteiger partial charge in [0, 0.05) is 10.2 Å². The molecule has 128 valence electrons. The molecular weight excluding hydrogens is 427 g/mol. The number of rotatable bonds is 5. The summed E-state index contributed by atoms with van der Waals surface area (Å²) in [6.07, 6.45) is -4.59. The van der Waals surface area contributed by atoms with Gasteiger partial charge < -0.3 is 5.32 Å². The van der Waals surface area contributed by atoms with E-state index in [0.717, 1.165) is 16.1 Å². The summed E-state index contributed by atoms with van der Waals surface area (Å²) in [5.41, 5.74) is -0.360. The van der Waals surface area contributed by atoms with Gasteiger partial charge >= 0.3 is 6.18 Å². The highest BCUT2D eigenvalue weighted by Gasteiger charge is 2.34. The number of anilines is 1. The van der Waals surface area contributed by atoms with E-state index < -0.39 is 23.3 Å². The monoisotopic (exact) mass is 437 g/mol. The second-order valence-electron chi connectivity index (χ2n) is 4.79. The van der Waals surface area contributed by atoms with Gasteiger partial charge in [0.15, 0.2) is 0 Å². The first kappa shape index (κ1) is 19.1. The zero-order chi connectivity index (χ0) is 17.7. The van der Waals surface area contributed by atoms with Crippen LogP contribution in [0.15, 0.2) is 46.9 Å². The maximum Gasteiger partial charge on any atom is 0.418 e. The Bertz CT molecular complexity index is 740. The third kappa shape index (κ3) is 5.16. The molecule has 2 aromatic carbocycles. The van der Waals surface area contributed by atoms with Crippen molar-refractivity contribution in [3.05, 3.63) is 63.1 Å². The second-order valence-corrected chi connectivity index (χ2v) is 7.04. The molecule has 0 fully saturated rings. The van der Waals surface area contributed by atoms with E-state index in [-0.39, 0.29) is 10.8 Å². The molecule has 2 aromatic rings. The lowest BCUT2D eigenvalue weighted by atomic mass is 10.1. The third-order valence-corrected chi connectivity index (χ3v) is 5.10. The molecule has 2 rings (SSSR count). The van der Waals surface area contributed by atoms with E-state index in [1.165, 1.54) is 23.9 Å². The Morgan fingerprint density at radius 1 is 1.17 bits per heavy atom. The number of benzene rings is 2. The molecule has 0 aromatic heterocycles. The van der Waals surface area contributed by atoms with Crippen LogP contribution in [0.25, 0.3) is 0 Å². The van der Waals surface area contributed by atoms with Crippen LogP contribution in [0.2, 0.25) is 5.02 Å². The molecule has 0 atom stereocenters. The average Bonchev–Trinajstić information content (AvgIpc) is 2.50. The molecule has 8 heteroatoms. The Kier molecular flexibility index (Phi) is 6.60. The van der Waals surface area contributed by atoms with Crippen molar-refractivity contribution in [1.82, 2.24) is 0 Å². The van der Waals surface area contributed by atoms with Crippen LogP contribution in [0.4, 0.5) is 18.9 Å². The third-order valence-electron chi connectivity index (χ3n) is 3.03. The SMILES string of the molecule is O=C(CSCc1ccccc1Br)Nc1c(Cl)cccc1C(F)(F)F. The van der Waals surface area contributed by atoms with Crippen molar-refractivity contribution in [2.24, 2.45) is 0 Å². The molecule has 24 heavy (non-hydrogen) atoms. The van der Waals surface area contributed by atoms with E-state index in [2.05, 4.69) is 21.2 Å². The number of amides is 1. The minimum Gasteiger partial charge on any atom is -0.324 e. The first-order valence-electron chi connectivity index (χ1n) is 6.75. The summed E-state index contributed by atoms with van der Waals surface area (Å²) >= 11 is 10.5. The van der Waals surface area contributed by atoms with E-state index in [4.69, 9.17) is 11.6 Å². The number of alkyl halides is 3. The van der Waals surface area contributed by atoms with E-state index in [0.29, 0.717) is 5.75 Å². The normalized spacial score (nSPS) is 11.4. The largest absolute Gasteiger partial charge is 0.418 e. The van der Waals surface area contributed by atoms with Gasteiger partial charge in [0.05, 0.1) is 22.0 Å². The van der Waals surface area contributed by atoms with Crippen molar-refractivity contribution in [1.29, 1.82) is 0 Å². The van der Waals surface area contributed by atoms with Crippen molar-refractivity contribution >= 4 is 50.9 Å². The molecule has 0 aliphatic heterocycles. The van der Waals surface area contributed by atoms with E-state index in [1.54, 1.807) is 0 Å². The number of thioether (sulfide) groups is 1. The lowest BCUT2D eigenvalue weighted by Gasteiger charge is -2.15. The van der Waals surface area contributed by atoms with Crippen LogP contribution in [-0.2, 0) is 16.7 Å². The van der Waals surface area contributed by atoms with Crippen molar-refractivity contribution in [3.63, 3.8) is 0 Å². The molecule has 0 radical (unpaired) electrons. The minimum absolute atomic E-state index is 0.0177. The zero-order valence-electron chi connectivity index (χ0n) is 12.2. The smallest absolute Gasteiger partial charge is 0.324 e. The van der Waals surface area contributed by atoms with Crippen LogP contribution in [0, 0.1) is 0 Å². The van der Waals surface area contributed by atoms with Crippen molar-refractivity contribution < 1.29 is 18.0 Å². The quantitative estimate of drug-likeness (QED) is 0.621. The van der Waals surface area contributed by atoms with Crippen LogP contribution < -0.4 is 5.32 Å². The van der Waals surface area contributed by atoms with Gasteiger partial charge in [0.2, 0.25) is 5.91 Å². The number of hydrogen-bond donors (Lipinski definition) is 1. The summed E-state index contributed by atoms with van der Waals surface area (Å²) in [5, 5.41) is 2.12. The fourth-order valence-electron chi connectivity index (χ4n) is 1.93. The molecule has 0 aliphatic rings. The lowest BCUT2D eigenvalue weighted by molar-refractivity contribution is -0.137. The first-order valence-corrected chi connectivity index (χ1v) is 9.08. The number of carbonyl (C=O) groups is 1. The second kappa shape index (κ2) is 8.27. The van der Waals surface area contributed by atoms with Crippen molar-refractivity contribution in [3.8, 4) is 0 Å². The summed E-state index contributed by atoms with van der Waals surface area (Å²) in [6.45, 7) is 0. The van der Waals surface area contributed by atoms with Crippen LogP contribution in [0.1, 0.15) is 11.1 Å². The van der Waals surface area contributed by atoms with Gasteiger partial charge in [-0.05, 0) is 23.8 Å². The predicted octanol–water partition coefficient (Wildman–Crippen LogP) is 5.99. The standard InChI is InChI=1S/C16H12BrClF3NOS/c17-12-6-2-1-4-10(12)8-24-9-14(23)22-15-11(16(19,20)21)5-3-7-13(15)18/h1-7H,8-9H2,(H,22,23). The van der Waals surface area contributed by atoms with Crippen molar-refractivity contribution in [2.45, 2.75) is 11.9 Å². The van der Waals surface area contributed by atoms with E-state index in [1.807, 2.05) is 24.3 Å². The number of halogens is 5. The summed E-state index contributed by atoms with van der Waals surface area (Å²) in [5.74, 6) is 0.0403. The summed E-state index contributed by atoms with van der Waals surface area (Å²) < 4.78 is 39.8. The number of carbonyl (C=O) groups excluding carboxylic acids is 1. The predicted molar refractivity (Wildman–Crippen MR) is 95.4 cm³/mol. The van der Waals surface area contributed by atoms with Crippen molar-refractivity contribution in [2.75, 3.05) is 11.1 Å². The Balaban J connectivity index is 1.99. The van der Waals surface area contributed by atoms with Crippen LogP contribution >= 0.6 is 39.3 Å². The fraction of sp³-hybridized carbons (Fsp3) is 0.188. The molecule has 1 N–H and O–H groups in total. The average molecular weight is 439 g/mol. The number of hydrogen-bond acceptors (Lipinski definition) is 2. The van der Waals surface area contributed by atoms with Gasteiger partial charge in [-0.25, -0.2) is 0 Å². The zero-order valence-corrected chi connectivity index (χ0v) is 15.3. The highest BCUT2D eigenvalue weighted by Crippen LogP contribution is 2.38. The maximum absolute atomic E-state index is 13.0. The van der Waals surface area contributed by atoms with Crippen LogP contribution in [-0.4, -0.2) is 11.7 Å². The van der Waals surface area contributed by atoms with Crippen LogP contribution in [0.5, 0.6) is 0 Å². The summed E-state index contributed by atoms with van der Waals surface area (Å²) in [6, 6.07) is 10.9. The highest BCUT2D eigenvalue weighted by molar-refractivity contribution is 9.10. The summed E-state index contributed by atoms with van der Waals surface area (Å²) in [7, 11) is 0. The number of para-hydroxylation sites is 1. The van der Waals surface area contributed by atoms with Gasteiger partial charge in [-0.1, -0.05) is 51.8 Å². The number of nitrogens with one attached hydrogen (secondary N) is 1. The van der Waals surface area contributed by atoms with Gasteiger partial charge in [-0.15, -0.1) is 11.8 Å². The Morgan fingerprint density at radius 3 is 2.54 bits per heavy atom. The topological polar surface area (TPSA) is 29.1 Å². The van der Waals surface area contributed by atoms with Gasteiger partial charge in [-0.3, -0.25) is 4.79 Å². The van der Waals surface area contributed by atoms with Gasteiger partial charge in [-0.2, -0.15) is 13.2 Å². The highest BCUT2D eigenvalue weighted by atomic mass is 79.9. The Labute approximate surface area is 154 Å². The molecular formula is C16H12BrClF3NOS. The molecule has 0 aliphatic carbocycles. The molecule has 0 heterocycles. The molecule has 0 bridgehead atoms.